The summed E-state index contributed by atoms with van der Waals surface area (Å²) in [6.45, 7) is 2.16. The lowest BCUT2D eigenvalue weighted by Crippen LogP contribution is -1.92. The van der Waals surface area contributed by atoms with Gasteiger partial charge in [-0.3, -0.25) is 0 Å². The SMILES string of the molecule is CCCCC(Cl)c1cncnc1. The van der Waals surface area contributed by atoms with Crippen LogP contribution >= 0.6 is 11.6 Å². The zero-order valence-corrected chi connectivity index (χ0v) is 7.96. The van der Waals surface area contributed by atoms with E-state index in [0.717, 1.165) is 18.4 Å². The molecule has 0 spiro atoms. The first-order chi connectivity index (χ1) is 5.84. The fourth-order valence-electron chi connectivity index (χ4n) is 1.02. The van der Waals surface area contributed by atoms with Gasteiger partial charge in [0.15, 0.2) is 0 Å². The number of alkyl halides is 1. The second kappa shape index (κ2) is 5.09. The quantitative estimate of drug-likeness (QED) is 0.673. The summed E-state index contributed by atoms with van der Waals surface area (Å²) in [5.74, 6) is 0. The first-order valence-electron chi connectivity index (χ1n) is 4.23. The largest absolute Gasteiger partial charge is 0.244 e. The molecule has 3 heteroatoms. The van der Waals surface area contributed by atoms with Gasteiger partial charge in [0.1, 0.15) is 6.33 Å². The third-order valence-corrected chi connectivity index (χ3v) is 2.22. The Balaban J connectivity index is 2.48. The van der Waals surface area contributed by atoms with Gasteiger partial charge in [0.2, 0.25) is 0 Å². The summed E-state index contributed by atoms with van der Waals surface area (Å²) in [6.07, 6.45) is 8.42. The van der Waals surface area contributed by atoms with Crippen molar-refractivity contribution in [3.8, 4) is 0 Å². The molecule has 1 aromatic heterocycles. The van der Waals surface area contributed by atoms with Crippen molar-refractivity contribution in [3.05, 3.63) is 24.3 Å². The predicted octanol–water partition coefficient (Wildman–Crippen LogP) is 2.95. The topological polar surface area (TPSA) is 25.8 Å². The Morgan fingerprint density at radius 2 is 2.08 bits per heavy atom. The Morgan fingerprint density at radius 3 is 2.67 bits per heavy atom. The van der Waals surface area contributed by atoms with E-state index in [2.05, 4.69) is 16.9 Å². The number of halogens is 1. The van der Waals surface area contributed by atoms with Gasteiger partial charge in [-0.25, -0.2) is 9.97 Å². The number of unbranched alkanes of at least 4 members (excludes halogenated alkanes) is 1. The van der Waals surface area contributed by atoms with Gasteiger partial charge in [0.25, 0.3) is 0 Å². The minimum Gasteiger partial charge on any atom is -0.244 e. The number of nitrogens with zero attached hydrogens (tertiary/aromatic N) is 2. The van der Waals surface area contributed by atoms with E-state index in [-0.39, 0.29) is 5.38 Å². The van der Waals surface area contributed by atoms with Gasteiger partial charge in [-0.1, -0.05) is 19.8 Å². The second-order valence-electron chi connectivity index (χ2n) is 2.78. The van der Waals surface area contributed by atoms with Crippen LogP contribution in [0.1, 0.15) is 37.1 Å². The first-order valence-corrected chi connectivity index (χ1v) is 4.67. The van der Waals surface area contributed by atoms with Crippen LogP contribution in [-0.4, -0.2) is 9.97 Å². The van der Waals surface area contributed by atoms with Crippen molar-refractivity contribution < 1.29 is 0 Å². The van der Waals surface area contributed by atoms with Crippen molar-refractivity contribution in [2.24, 2.45) is 0 Å². The molecule has 1 unspecified atom stereocenters. The monoisotopic (exact) mass is 184 g/mol. The van der Waals surface area contributed by atoms with Crippen LogP contribution in [0.15, 0.2) is 18.7 Å². The molecule has 0 aliphatic carbocycles. The summed E-state index contributed by atoms with van der Waals surface area (Å²) < 4.78 is 0. The number of rotatable bonds is 4. The van der Waals surface area contributed by atoms with Crippen molar-refractivity contribution >= 4 is 11.6 Å². The summed E-state index contributed by atoms with van der Waals surface area (Å²) in [5.41, 5.74) is 1.02. The van der Waals surface area contributed by atoms with E-state index in [1.54, 1.807) is 12.4 Å². The van der Waals surface area contributed by atoms with Crippen LogP contribution in [0.25, 0.3) is 0 Å². The van der Waals surface area contributed by atoms with Gasteiger partial charge >= 0.3 is 0 Å². The van der Waals surface area contributed by atoms with Crippen LogP contribution in [0, 0.1) is 0 Å². The summed E-state index contributed by atoms with van der Waals surface area (Å²) >= 11 is 6.10. The normalized spacial score (nSPS) is 12.8. The molecule has 0 radical (unpaired) electrons. The van der Waals surface area contributed by atoms with Crippen molar-refractivity contribution in [2.75, 3.05) is 0 Å². The summed E-state index contributed by atoms with van der Waals surface area (Å²) in [4.78, 5) is 7.84. The Bertz CT molecular complexity index is 213. The maximum absolute atomic E-state index is 6.10. The minimum atomic E-state index is 0.0751. The van der Waals surface area contributed by atoms with E-state index < -0.39 is 0 Å². The van der Waals surface area contributed by atoms with E-state index in [1.165, 1.54) is 12.7 Å². The van der Waals surface area contributed by atoms with Crippen molar-refractivity contribution in [1.82, 2.24) is 9.97 Å². The van der Waals surface area contributed by atoms with Gasteiger partial charge in [0.05, 0.1) is 5.38 Å². The van der Waals surface area contributed by atoms with Gasteiger partial charge < -0.3 is 0 Å². The van der Waals surface area contributed by atoms with E-state index in [4.69, 9.17) is 11.6 Å². The molecule has 0 aliphatic heterocycles. The molecule has 1 rings (SSSR count). The zero-order chi connectivity index (χ0) is 8.81. The molecule has 1 aromatic rings. The van der Waals surface area contributed by atoms with Crippen LogP contribution in [0.4, 0.5) is 0 Å². The van der Waals surface area contributed by atoms with Crippen molar-refractivity contribution in [1.29, 1.82) is 0 Å². The van der Waals surface area contributed by atoms with Crippen LogP contribution in [0.3, 0.4) is 0 Å². The molecule has 0 bridgehead atoms. The lowest BCUT2D eigenvalue weighted by molar-refractivity contribution is 0.697. The molecule has 0 saturated carbocycles. The lowest BCUT2D eigenvalue weighted by atomic mass is 10.1. The van der Waals surface area contributed by atoms with E-state index in [0.29, 0.717) is 0 Å². The molecule has 12 heavy (non-hydrogen) atoms. The van der Waals surface area contributed by atoms with E-state index >= 15 is 0 Å². The third kappa shape index (κ3) is 2.78. The van der Waals surface area contributed by atoms with Crippen LogP contribution < -0.4 is 0 Å². The average molecular weight is 185 g/mol. The highest BCUT2D eigenvalue weighted by molar-refractivity contribution is 6.20. The van der Waals surface area contributed by atoms with E-state index in [1.807, 2.05) is 0 Å². The molecule has 0 N–H and O–H groups in total. The molecule has 1 heterocycles. The van der Waals surface area contributed by atoms with Crippen LogP contribution in [-0.2, 0) is 0 Å². The standard InChI is InChI=1S/C9H13ClN2/c1-2-3-4-9(10)8-5-11-7-12-6-8/h5-7,9H,2-4H2,1H3. The molecule has 0 fully saturated rings. The van der Waals surface area contributed by atoms with Crippen LogP contribution in [0.5, 0.6) is 0 Å². The molecular weight excluding hydrogens is 172 g/mol. The lowest BCUT2D eigenvalue weighted by Gasteiger charge is -2.06. The molecule has 0 aliphatic rings. The highest BCUT2D eigenvalue weighted by atomic mass is 35.5. The van der Waals surface area contributed by atoms with Crippen molar-refractivity contribution in [2.45, 2.75) is 31.6 Å². The fourth-order valence-corrected chi connectivity index (χ4v) is 1.29. The van der Waals surface area contributed by atoms with Crippen LogP contribution in [0.2, 0.25) is 0 Å². The smallest absolute Gasteiger partial charge is 0.115 e. The summed E-state index contributed by atoms with van der Waals surface area (Å²) in [5, 5.41) is 0.0751. The van der Waals surface area contributed by atoms with Gasteiger partial charge in [-0.15, -0.1) is 11.6 Å². The molecular formula is C9H13ClN2. The Hall–Kier alpha value is -0.630. The van der Waals surface area contributed by atoms with Gasteiger partial charge in [-0.05, 0) is 6.42 Å². The number of hydrogen-bond acceptors (Lipinski definition) is 2. The number of aromatic nitrogens is 2. The van der Waals surface area contributed by atoms with Crippen molar-refractivity contribution in [3.63, 3.8) is 0 Å². The zero-order valence-electron chi connectivity index (χ0n) is 7.20. The summed E-state index contributed by atoms with van der Waals surface area (Å²) in [6, 6.07) is 0. The van der Waals surface area contributed by atoms with Gasteiger partial charge in [0, 0.05) is 18.0 Å². The van der Waals surface area contributed by atoms with E-state index in [9.17, 15) is 0 Å². The Labute approximate surface area is 78.0 Å². The maximum atomic E-state index is 6.10. The third-order valence-electron chi connectivity index (χ3n) is 1.75. The Morgan fingerprint density at radius 1 is 1.42 bits per heavy atom. The fraction of sp³-hybridized carbons (Fsp3) is 0.556. The minimum absolute atomic E-state index is 0.0751. The number of hydrogen-bond donors (Lipinski definition) is 0. The molecule has 2 nitrogen and oxygen atoms in total. The molecule has 0 saturated heterocycles. The molecule has 0 aromatic carbocycles. The second-order valence-corrected chi connectivity index (χ2v) is 3.31. The Kier molecular flexibility index (Phi) is 4.01. The van der Waals surface area contributed by atoms with Gasteiger partial charge in [-0.2, -0.15) is 0 Å². The molecule has 1 atom stereocenters. The average Bonchev–Trinajstić information content (AvgIpc) is 2.15. The first kappa shape index (κ1) is 9.46. The summed E-state index contributed by atoms with van der Waals surface area (Å²) in [7, 11) is 0. The highest BCUT2D eigenvalue weighted by Crippen LogP contribution is 2.24. The molecule has 0 amide bonds. The maximum Gasteiger partial charge on any atom is 0.115 e. The molecule has 66 valence electrons. The highest BCUT2D eigenvalue weighted by Gasteiger charge is 2.06. The predicted molar refractivity (Wildman–Crippen MR) is 50.2 cm³/mol.